The maximum absolute atomic E-state index is 5.01. The van der Waals surface area contributed by atoms with Crippen LogP contribution in [0.15, 0.2) is 24.3 Å². The van der Waals surface area contributed by atoms with E-state index in [-0.39, 0.29) is 0 Å². The summed E-state index contributed by atoms with van der Waals surface area (Å²) in [5.41, 5.74) is 2.53. The SMILES string of the molecule is COCCCNc1cccc(CN(C)C)c1. The largest absolute Gasteiger partial charge is 0.385 e. The van der Waals surface area contributed by atoms with Crippen molar-refractivity contribution in [1.29, 1.82) is 0 Å². The number of rotatable bonds is 7. The molecular formula is C13H22N2O. The van der Waals surface area contributed by atoms with Crippen LogP contribution in [0.3, 0.4) is 0 Å². The van der Waals surface area contributed by atoms with Gasteiger partial charge in [-0.15, -0.1) is 0 Å². The van der Waals surface area contributed by atoms with Crippen molar-refractivity contribution in [1.82, 2.24) is 4.90 Å². The highest BCUT2D eigenvalue weighted by atomic mass is 16.5. The summed E-state index contributed by atoms with van der Waals surface area (Å²) in [5.74, 6) is 0. The van der Waals surface area contributed by atoms with Crippen molar-refractivity contribution in [3.05, 3.63) is 29.8 Å². The minimum absolute atomic E-state index is 0.810. The zero-order valence-electron chi connectivity index (χ0n) is 10.5. The number of ether oxygens (including phenoxy) is 1. The minimum Gasteiger partial charge on any atom is -0.385 e. The number of nitrogens with zero attached hydrogens (tertiary/aromatic N) is 1. The van der Waals surface area contributed by atoms with Gasteiger partial charge in [-0.05, 0) is 38.2 Å². The van der Waals surface area contributed by atoms with Crippen LogP contribution in [0.4, 0.5) is 5.69 Å². The molecule has 1 rings (SSSR count). The van der Waals surface area contributed by atoms with Crippen molar-refractivity contribution in [3.63, 3.8) is 0 Å². The van der Waals surface area contributed by atoms with Gasteiger partial charge in [-0.3, -0.25) is 0 Å². The van der Waals surface area contributed by atoms with Gasteiger partial charge in [0.25, 0.3) is 0 Å². The van der Waals surface area contributed by atoms with Gasteiger partial charge >= 0.3 is 0 Å². The van der Waals surface area contributed by atoms with Crippen LogP contribution in [-0.4, -0.2) is 39.3 Å². The first kappa shape index (κ1) is 13.0. The van der Waals surface area contributed by atoms with Crippen LogP contribution in [0.1, 0.15) is 12.0 Å². The first-order valence-electron chi connectivity index (χ1n) is 5.69. The third-order valence-electron chi connectivity index (χ3n) is 2.28. The first-order chi connectivity index (χ1) is 7.72. The second kappa shape index (κ2) is 7.25. The molecule has 1 N–H and O–H groups in total. The van der Waals surface area contributed by atoms with Crippen LogP contribution in [0.2, 0.25) is 0 Å². The Bertz CT molecular complexity index is 300. The Balaban J connectivity index is 2.41. The van der Waals surface area contributed by atoms with Crippen molar-refractivity contribution in [2.24, 2.45) is 0 Å². The standard InChI is InChI=1S/C13H22N2O/c1-15(2)11-12-6-4-7-13(10-12)14-8-5-9-16-3/h4,6-7,10,14H,5,8-9,11H2,1-3H3. The molecule has 16 heavy (non-hydrogen) atoms. The van der Waals surface area contributed by atoms with Crippen molar-refractivity contribution in [2.75, 3.05) is 39.7 Å². The molecule has 0 fully saturated rings. The lowest BCUT2D eigenvalue weighted by Gasteiger charge is -2.11. The molecule has 0 amide bonds. The molecular weight excluding hydrogens is 200 g/mol. The molecule has 0 aliphatic rings. The van der Waals surface area contributed by atoms with E-state index >= 15 is 0 Å². The molecule has 0 aliphatic heterocycles. The van der Waals surface area contributed by atoms with Crippen LogP contribution >= 0.6 is 0 Å². The molecule has 0 saturated heterocycles. The van der Waals surface area contributed by atoms with E-state index in [1.165, 1.54) is 11.3 Å². The molecule has 0 spiro atoms. The van der Waals surface area contributed by atoms with Gasteiger partial charge in [0, 0.05) is 32.5 Å². The molecule has 90 valence electrons. The Morgan fingerprint density at radius 3 is 2.81 bits per heavy atom. The average molecular weight is 222 g/mol. The third-order valence-corrected chi connectivity index (χ3v) is 2.28. The third kappa shape index (κ3) is 5.14. The number of anilines is 1. The van der Waals surface area contributed by atoms with E-state index in [0.717, 1.165) is 26.1 Å². The van der Waals surface area contributed by atoms with Crippen LogP contribution in [0.25, 0.3) is 0 Å². The Morgan fingerprint density at radius 1 is 1.31 bits per heavy atom. The second-order valence-electron chi connectivity index (χ2n) is 4.21. The molecule has 0 aliphatic carbocycles. The first-order valence-corrected chi connectivity index (χ1v) is 5.69. The molecule has 0 atom stereocenters. The van der Waals surface area contributed by atoms with Crippen molar-refractivity contribution < 1.29 is 4.74 Å². The summed E-state index contributed by atoms with van der Waals surface area (Å²) >= 11 is 0. The lowest BCUT2D eigenvalue weighted by atomic mass is 10.2. The summed E-state index contributed by atoms with van der Waals surface area (Å²) in [6.07, 6.45) is 1.04. The molecule has 0 radical (unpaired) electrons. The van der Waals surface area contributed by atoms with Crippen LogP contribution in [-0.2, 0) is 11.3 Å². The van der Waals surface area contributed by atoms with E-state index in [1.807, 2.05) is 0 Å². The normalized spacial score (nSPS) is 10.8. The number of hydrogen-bond acceptors (Lipinski definition) is 3. The van der Waals surface area contributed by atoms with Gasteiger partial charge in [0.2, 0.25) is 0 Å². The van der Waals surface area contributed by atoms with Gasteiger partial charge in [0.1, 0.15) is 0 Å². The highest BCUT2D eigenvalue weighted by molar-refractivity contribution is 5.45. The summed E-state index contributed by atoms with van der Waals surface area (Å²) in [6.45, 7) is 2.75. The van der Waals surface area contributed by atoms with E-state index in [1.54, 1.807) is 7.11 Å². The maximum Gasteiger partial charge on any atom is 0.0479 e. The van der Waals surface area contributed by atoms with E-state index < -0.39 is 0 Å². The summed E-state index contributed by atoms with van der Waals surface area (Å²) in [7, 11) is 5.90. The van der Waals surface area contributed by atoms with E-state index in [4.69, 9.17) is 4.74 Å². The summed E-state index contributed by atoms with van der Waals surface area (Å²) in [5, 5.41) is 3.39. The molecule has 1 aromatic carbocycles. The van der Waals surface area contributed by atoms with E-state index in [0.29, 0.717) is 0 Å². The van der Waals surface area contributed by atoms with Gasteiger partial charge in [0.15, 0.2) is 0 Å². The highest BCUT2D eigenvalue weighted by Gasteiger charge is 1.97. The number of benzene rings is 1. The molecule has 0 unspecified atom stereocenters. The van der Waals surface area contributed by atoms with Gasteiger partial charge in [-0.2, -0.15) is 0 Å². The maximum atomic E-state index is 5.01. The Labute approximate surface area is 98.4 Å². The Morgan fingerprint density at radius 2 is 2.12 bits per heavy atom. The van der Waals surface area contributed by atoms with Gasteiger partial charge < -0.3 is 15.0 Å². The van der Waals surface area contributed by atoms with Crippen LogP contribution in [0.5, 0.6) is 0 Å². The van der Waals surface area contributed by atoms with E-state index in [2.05, 4.69) is 48.6 Å². The molecule has 3 heteroatoms. The highest BCUT2D eigenvalue weighted by Crippen LogP contribution is 2.11. The molecule has 0 bridgehead atoms. The molecule has 3 nitrogen and oxygen atoms in total. The van der Waals surface area contributed by atoms with Gasteiger partial charge in [0.05, 0.1) is 0 Å². The quantitative estimate of drug-likeness (QED) is 0.716. The number of hydrogen-bond donors (Lipinski definition) is 1. The van der Waals surface area contributed by atoms with Crippen molar-refractivity contribution in [3.8, 4) is 0 Å². The topological polar surface area (TPSA) is 24.5 Å². The molecule has 0 heterocycles. The average Bonchev–Trinajstić information content (AvgIpc) is 2.24. The van der Waals surface area contributed by atoms with Gasteiger partial charge in [-0.25, -0.2) is 0 Å². The monoisotopic (exact) mass is 222 g/mol. The summed E-state index contributed by atoms with van der Waals surface area (Å²) < 4.78 is 5.01. The predicted octanol–water partition coefficient (Wildman–Crippen LogP) is 2.20. The fourth-order valence-corrected chi connectivity index (χ4v) is 1.59. The fourth-order valence-electron chi connectivity index (χ4n) is 1.59. The predicted molar refractivity (Wildman–Crippen MR) is 68.8 cm³/mol. The van der Waals surface area contributed by atoms with Crippen LogP contribution < -0.4 is 5.32 Å². The molecule has 0 aromatic heterocycles. The zero-order valence-corrected chi connectivity index (χ0v) is 10.5. The zero-order chi connectivity index (χ0) is 11.8. The number of nitrogens with one attached hydrogen (secondary N) is 1. The Kier molecular flexibility index (Phi) is 5.90. The van der Waals surface area contributed by atoms with Crippen molar-refractivity contribution >= 4 is 5.69 Å². The molecule has 0 saturated carbocycles. The lowest BCUT2D eigenvalue weighted by molar-refractivity contribution is 0.198. The lowest BCUT2D eigenvalue weighted by Crippen LogP contribution is -2.11. The fraction of sp³-hybridized carbons (Fsp3) is 0.538. The van der Waals surface area contributed by atoms with Gasteiger partial charge in [-0.1, -0.05) is 12.1 Å². The summed E-state index contributed by atoms with van der Waals surface area (Å²) in [6, 6.07) is 8.55. The molecule has 1 aromatic rings. The number of methoxy groups -OCH3 is 1. The second-order valence-corrected chi connectivity index (χ2v) is 4.21. The van der Waals surface area contributed by atoms with Crippen LogP contribution in [0, 0.1) is 0 Å². The minimum atomic E-state index is 0.810. The van der Waals surface area contributed by atoms with E-state index in [9.17, 15) is 0 Å². The summed E-state index contributed by atoms with van der Waals surface area (Å²) in [4.78, 5) is 2.17. The Hall–Kier alpha value is -1.06. The van der Waals surface area contributed by atoms with Crippen molar-refractivity contribution in [2.45, 2.75) is 13.0 Å². The smallest absolute Gasteiger partial charge is 0.0479 e.